The van der Waals surface area contributed by atoms with E-state index in [4.69, 9.17) is 14.2 Å². The maximum absolute atomic E-state index is 12.5. The summed E-state index contributed by atoms with van der Waals surface area (Å²) in [7, 11) is 1.49. The van der Waals surface area contributed by atoms with Crippen molar-refractivity contribution in [2.24, 2.45) is 0 Å². The molecule has 0 heterocycles. The Hall–Kier alpha value is -2.94. The molecule has 0 aliphatic heterocycles. The molecule has 0 aliphatic carbocycles. The van der Waals surface area contributed by atoms with Gasteiger partial charge in [-0.3, -0.25) is 4.79 Å². The van der Waals surface area contributed by atoms with Crippen molar-refractivity contribution in [3.8, 4) is 17.2 Å². The minimum Gasteiger partial charge on any atom is -0.493 e. The summed E-state index contributed by atoms with van der Waals surface area (Å²) in [5, 5.41) is 12.3. The molecule has 1 unspecified atom stereocenters. The van der Waals surface area contributed by atoms with Crippen molar-refractivity contribution in [2.45, 2.75) is 19.2 Å². The third-order valence-corrected chi connectivity index (χ3v) is 3.84. The number of amides is 1. The van der Waals surface area contributed by atoms with Crippen LogP contribution in [-0.2, 0) is 11.0 Å². The largest absolute Gasteiger partial charge is 0.493 e. The predicted octanol–water partition coefficient (Wildman–Crippen LogP) is 2.96. The highest BCUT2D eigenvalue weighted by atomic mass is 19.4. The predicted molar refractivity (Wildman–Crippen MR) is 99.2 cm³/mol. The lowest BCUT2D eigenvalue weighted by Crippen LogP contribution is -2.37. The number of ether oxygens (including phenoxy) is 3. The van der Waals surface area contributed by atoms with Crippen molar-refractivity contribution < 1.29 is 37.3 Å². The van der Waals surface area contributed by atoms with E-state index in [0.29, 0.717) is 11.5 Å². The monoisotopic (exact) mass is 413 g/mol. The lowest BCUT2D eigenvalue weighted by Gasteiger charge is -2.15. The van der Waals surface area contributed by atoms with Crippen LogP contribution in [0.4, 0.5) is 13.2 Å². The molecular formula is C20H22F3NO5. The summed E-state index contributed by atoms with van der Waals surface area (Å²) in [5.41, 5.74) is 0.192. The van der Waals surface area contributed by atoms with E-state index in [1.165, 1.54) is 7.11 Å². The minimum atomic E-state index is -4.42. The first-order valence-electron chi connectivity index (χ1n) is 8.71. The molecule has 9 heteroatoms. The third kappa shape index (κ3) is 7.19. The molecule has 0 radical (unpaired) electrons. The van der Waals surface area contributed by atoms with Crippen molar-refractivity contribution in [1.29, 1.82) is 0 Å². The Labute approximate surface area is 166 Å². The van der Waals surface area contributed by atoms with Crippen LogP contribution < -0.4 is 19.5 Å². The van der Waals surface area contributed by atoms with Gasteiger partial charge in [0, 0.05) is 6.54 Å². The number of hydrogen-bond acceptors (Lipinski definition) is 5. The van der Waals surface area contributed by atoms with Crippen LogP contribution in [0.3, 0.4) is 0 Å². The van der Waals surface area contributed by atoms with Gasteiger partial charge in [-0.2, -0.15) is 13.2 Å². The average Bonchev–Trinajstić information content (AvgIpc) is 2.69. The Kier molecular flexibility index (Phi) is 7.72. The lowest BCUT2D eigenvalue weighted by atomic mass is 10.2. The lowest BCUT2D eigenvalue weighted by molar-refractivity contribution is -0.137. The Balaban J connectivity index is 1.72. The van der Waals surface area contributed by atoms with Gasteiger partial charge in [0.15, 0.2) is 18.1 Å². The van der Waals surface area contributed by atoms with E-state index in [-0.39, 0.29) is 25.5 Å². The second kappa shape index (κ2) is 10.0. The van der Waals surface area contributed by atoms with E-state index >= 15 is 0 Å². The van der Waals surface area contributed by atoms with Crippen LogP contribution in [-0.4, -0.2) is 44.0 Å². The second-order valence-corrected chi connectivity index (χ2v) is 6.23. The van der Waals surface area contributed by atoms with Gasteiger partial charge in [0.2, 0.25) is 0 Å². The van der Waals surface area contributed by atoms with Crippen LogP contribution in [0.15, 0.2) is 42.5 Å². The zero-order chi connectivity index (χ0) is 21.4. The number of nitrogens with one attached hydrogen (secondary N) is 1. The quantitative estimate of drug-likeness (QED) is 0.661. The van der Waals surface area contributed by atoms with E-state index < -0.39 is 23.8 Å². The molecule has 2 N–H and O–H groups in total. The van der Waals surface area contributed by atoms with E-state index in [2.05, 4.69) is 5.32 Å². The van der Waals surface area contributed by atoms with E-state index in [0.717, 1.165) is 29.8 Å². The van der Waals surface area contributed by atoms with Crippen LogP contribution >= 0.6 is 0 Å². The van der Waals surface area contributed by atoms with Crippen LogP contribution in [0.25, 0.3) is 0 Å². The fraction of sp³-hybridized carbons (Fsp3) is 0.350. The summed E-state index contributed by atoms with van der Waals surface area (Å²) in [4.78, 5) is 11.9. The number of halogens is 3. The maximum atomic E-state index is 12.5. The first-order chi connectivity index (χ1) is 13.7. The van der Waals surface area contributed by atoms with E-state index in [1.807, 2.05) is 13.0 Å². The fourth-order valence-corrected chi connectivity index (χ4v) is 2.31. The van der Waals surface area contributed by atoms with Gasteiger partial charge in [-0.15, -0.1) is 0 Å². The summed E-state index contributed by atoms with van der Waals surface area (Å²) in [5.74, 6) is 0.640. The Morgan fingerprint density at radius 3 is 2.41 bits per heavy atom. The second-order valence-electron chi connectivity index (χ2n) is 6.23. The smallest absolute Gasteiger partial charge is 0.416 e. The molecule has 2 aromatic rings. The highest BCUT2D eigenvalue weighted by Crippen LogP contribution is 2.30. The number of carbonyl (C=O) groups is 1. The normalized spacial score (nSPS) is 12.2. The third-order valence-electron chi connectivity index (χ3n) is 3.84. The van der Waals surface area contributed by atoms with E-state index in [1.54, 1.807) is 12.1 Å². The van der Waals surface area contributed by atoms with Crippen LogP contribution in [0.5, 0.6) is 17.2 Å². The van der Waals surface area contributed by atoms with Crippen LogP contribution in [0, 0.1) is 6.92 Å². The van der Waals surface area contributed by atoms with Crippen LogP contribution in [0.1, 0.15) is 11.1 Å². The number of rotatable bonds is 9. The van der Waals surface area contributed by atoms with Gasteiger partial charge in [0.25, 0.3) is 5.91 Å². The van der Waals surface area contributed by atoms with Crippen LogP contribution in [0.2, 0.25) is 0 Å². The molecule has 1 amide bonds. The molecule has 0 aliphatic rings. The number of hydrogen-bond donors (Lipinski definition) is 2. The zero-order valence-corrected chi connectivity index (χ0v) is 16.0. The molecule has 0 aromatic heterocycles. The molecule has 0 fully saturated rings. The molecule has 0 saturated carbocycles. The first kappa shape index (κ1) is 22.4. The molecule has 0 saturated heterocycles. The van der Waals surface area contributed by atoms with Crippen molar-refractivity contribution >= 4 is 5.91 Å². The van der Waals surface area contributed by atoms with Crippen molar-refractivity contribution in [1.82, 2.24) is 5.32 Å². The Morgan fingerprint density at radius 2 is 1.79 bits per heavy atom. The number of benzene rings is 2. The Morgan fingerprint density at radius 1 is 1.10 bits per heavy atom. The van der Waals surface area contributed by atoms with Gasteiger partial charge in [0.05, 0.1) is 12.7 Å². The highest BCUT2D eigenvalue weighted by Gasteiger charge is 2.30. The number of alkyl halides is 3. The molecule has 2 rings (SSSR count). The molecule has 0 bridgehead atoms. The zero-order valence-electron chi connectivity index (χ0n) is 16.0. The maximum Gasteiger partial charge on any atom is 0.416 e. The van der Waals surface area contributed by atoms with Gasteiger partial charge < -0.3 is 24.6 Å². The summed E-state index contributed by atoms with van der Waals surface area (Å²) in [6.07, 6.45) is -5.47. The summed E-state index contributed by atoms with van der Waals surface area (Å²) >= 11 is 0. The Bertz CT molecular complexity index is 809. The molecule has 158 valence electrons. The number of carbonyl (C=O) groups excluding carboxylic acids is 1. The minimum absolute atomic E-state index is 0.103. The van der Waals surface area contributed by atoms with Gasteiger partial charge in [-0.05, 0) is 48.9 Å². The topological polar surface area (TPSA) is 77.0 Å². The number of methoxy groups -OCH3 is 1. The fourth-order valence-electron chi connectivity index (χ4n) is 2.31. The SMILES string of the molecule is COc1cc(C)ccc1OCC(=O)NCC(O)COc1ccc(C(F)(F)F)cc1. The first-order valence-corrected chi connectivity index (χ1v) is 8.71. The molecule has 6 nitrogen and oxygen atoms in total. The van der Waals surface area contributed by atoms with Gasteiger partial charge in [0.1, 0.15) is 18.5 Å². The summed E-state index contributed by atoms with van der Waals surface area (Å²) < 4.78 is 53.3. The number of aryl methyl sites for hydroxylation is 1. The number of aliphatic hydroxyl groups excluding tert-OH is 1. The van der Waals surface area contributed by atoms with Crippen molar-refractivity contribution in [2.75, 3.05) is 26.9 Å². The number of aliphatic hydroxyl groups is 1. The average molecular weight is 413 g/mol. The summed E-state index contributed by atoms with van der Waals surface area (Å²) in [6, 6.07) is 9.38. The molecule has 29 heavy (non-hydrogen) atoms. The highest BCUT2D eigenvalue weighted by molar-refractivity contribution is 5.77. The summed E-state index contributed by atoms with van der Waals surface area (Å²) in [6.45, 7) is 1.32. The molecule has 0 spiro atoms. The van der Waals surface area contributed by atoms with E-state index in [9.17, 15) is 23.1 Å². The van der Waals surface area contributed by atoms with Crippen molar-refractivity contribution in [3.63, 3.8) is 0 Å². The molecular weight excluding hydrogens is 391 g/mol. The standard InChI is InChI=1S/C20H22F3NO5/c1-13-3-8-17(18(9-13)27-2)29-12-19(26)24-10-15(25)11-28-16-6-4-14(5-7-16)20(21,22)23/h3-9,15,25H,10-12H2,1-2H3,(H,24,26). The van der Waals surface area contributed by atoms with Crippen molar-refractivity contribution in [3.05, 3.63) is 53.6 Å². The van der Waals surface area contributed by atoms with Gasteiger partial charge >= 0.3 is 6.18 Å². The molecule has 1 atom stereocenters. The van der Waals surface area contributed by atoms with Gasteiger partial charge in [-0.25, -0.2) is 0 Å². The molecule has 2 aromatic carbocycles. The van der Waals surface area contributed by atoms with Gasteiger partial charge in [-0.1, -0.05) is 6.07 Å².